The van der Waals surface area contributed by atoms with Crippen LogP contribution in [0.2, 0.25) is 0 Å². The van der Waals surface area contributed by atoms with Crippen LogP contribution < -0.4 is 5.73 Å². The van der Waals surface area contributed by atoms with Gasteiger partial charge in [0.25, 0.3) is 0 Å². The summed E-state index contributed by atoms with van der Waals surface area (Å²) in [6.45, 7) is 8.29. The molecule has 0 saturated heterocycles. The Morgan fingerprint density at radius 1 is 1.19 bits per heavy atom. The molecule has 0 radical (unpaired) electrons. The maximum absolute atomic E-state index is 5.68. The molecule has 2 aromatic rings. The van der Waals surface area contributed by atoms with Crippen molar-refractivity contribution < 1.29 is 0 Å². The molecule has 0 fully saturated rings. The monoisotopic (exact) mass is 216 g/mol. The highest BCUT2D eigenvalue weighted by Gasteiger charge is 2.11. The Labute approximate surface area is 97.1 Å². The van der Waals surface area contributed by atoms with Crippen LogP contribution in [0.5, 0.6) is 0 Å². The lowest BCUT2D eigenvalue weighted by Crippen LogP contribution is -2.02. The van der Waals surface area contributed by atoms with E-state index in [1.165, 1.54) is 27.6 Å². The highest BCUT2D eigenvalue weighted by atomic mass is 14.9. The number of aromatic nitrogens is 1. The van der Waals surface area contributed by atoms with Crippen molar-refractivity contribution in [3.05, 3.63) is 35.0 Å². The molecule has 0 aliphatic heterocycles. The van der Waals surface area contributed by atoms with E-state index >= 15 is 0 Å². The van der Waals surface area contributed by atoms with E-state index in [0.29, 0.717) is 0 Å². The van der Waals surface area contributed by atoms with Crippen LogP contribution in [0, 0.1) is 13.8 Å². The lowest BCUT2D eigenvalue weighted by Gasteiger charge is -2.06. The summed E-state index contributed by atoms with van der Waals surface area (Å²) in [6.07, 6.45) is 3.23. The van der Waals surface area contributed by atoms with Crippen LogP contribution in [0.1, 0.15) is 23.6 Å². The molecule has 0 saturated carbocycles. The molecule has 0 amide bonds. The van der Waals surface area contributed by atoms with Crippen LogP contribution in [0.3, 0.4) is 0 Å². The van der Waals surface area contributed by atoms with Gasteiger partial charge in [-0.25, -0.2) is 0 Å². The molecule has 0 unspecified atom stereocenters. The molecule has 0 atom stereocenters. The first-order chi connectivity index (χ1) is 7.69. The van der Waals surface area contributed by atoms with Gasteiger partial charge in [-0.15, -0.1) is 0 Å². The van der Waals surface area contributed by atoms with Crippen molar-refractivity contribution in [2.45, 2.75) is 33.7 Å². The lowest BCUT2D eigenvalue weighted by atomic mass is 10.0. The molecule has 1 aromatic carbocycles. The second-order valence-electron chi connectivity index (χ2n) is 4.40. The summed E-state index contributed by atoms with van der Waals surface area (Å²) in [7, 11) is 0. The molecule has 1 heterocycles. The number of rotatable bonds is 3. The highest BCUT2D eigenvalue weighted by Crippen LogP contribution is 2.28. The van der Waals surface area contributed by atoms with Gasteiger partial charge < -0.3 is 10.3 Å². The van der Waals surface area contributed by atoms with Gasteiger partial charge in [-0.05, 0) is 50.4 Å². The minimum atomic E-state index is 0.718. The Balaban J connectivity index is 2.78. The standard InChI is InChI=1S/C14H20N2/c1-4-16-9-12(7-8-15)13-10(2)5-6-11(3)14(13)16/h5-6,9H,4,7-8,15H2,1-3H3. The first-order valence-electron chi connectivity index (χ1n) is 5.97. The van der Waals surface area contributed by atoms with Crippen LogP contribution in [-0.2, 0) is 13.0 Å². The number of nitrogens with two attached hydrogens (primary N) is 1. The summed E-state index contributed by atoms with van der Waals surface area (Å²) < 4.78 is 2.34. The molecule has 1 aromatic heterocycles. The summed E-state index contributed by atoms with van der Waals surface area (Å²) in [6, 6.07) is 4.41. The predicted octanol–water partition coefficient (Wildman–Crippen LogP) is 2.78. The van der Waals surface area contributed by atoms with Gasteiger partial charge in [0.15, 0.2) is 0 Å². The minimum Gasteiger partial charge on any atom is -0.347 e. The van der Waals surface area contributed by atoms with Gasteiger partial charge in [-0.2, -0.15) is 0 Å². The molecule has 86 valence electrons. The second-order valence-corrected chi connectivity index (χ2v) is 4.40. The molecular weight excluding hydrogens is 196 g/mol. The van der Waals surface area contributed by atoms with Crippen LogP contribution in [0.4, 0.5) is 0 Å². The van der Waals surface area contributed by atoms with E-state index in [1.807, 2.05) is 0 Å². The highest BCUT2D eigenvalue weighted by molar-refractivity contribution is 5.89. The minimum absolute atomic E-state index is 0.718. The average molecular weight is 216 g/mol. The summed E-state index contributed by atoms with van der Waals surface area (Å²) in [5, 5.41) is 1.41. The van der Waals surface area contributed by atoms with Crippen molar-refractivity contribution in [2.24, 2.45) is 5.73 Å². The molecule has 16 heavy (non-hydrogen) atoms. The van der Waals surface area contributed by atoms with Crippen LogP contribution in [0.15, 0.2) is 18.3 Å². The van der Waals surface area contributed by atoms with Gasteiger partial charge in [-0.1, -0.05) is 12.1 Å². The smallest absolute Gasteiger partial charge is 0.0515 e. The molecule has 0 aliphatic carbocycles. The Bertz CT molecular complexity index is 509. The molecular formula is C14H20N2. The summed E-state index contributed by atoms with van der Waals surface area (Å²) in [5.74, 6) is 0. The van der Waals surface area contributed by atoms with Crippen LogP contribution in [0.25, 0.3) is 10.9 Å². The zero-order chi connectivity index (χ0) is 11.7. The van der Waals surface area contributed by atoms with Crippen molar-refractivity contribution in [3.63, 3.8) is 0 Å². The number of hydrogen-bond donors (Lipinski definition) is 1. The summed E-state index contributed by atoms with van der Waals surface area (Å²) in [5.41, 5.74) is 11.2. The largest absolute Gasteiger partial charge is 0.347 e. The molecule has 0 aliphatic rings. The van der Waals surface area contributed by atoms with E-state index in [2.05, 4.69) is 43.7 Å². The van der Waals surface area contributed by atoms with Gasteiger partial charge >= 0.3 is 0 Å². The van der Waals surface area contributed by atoms with E-state index in [4.69, 9.17) is 5.73 Å². The second kappa shape index (κ2) is 4.30. The molecule has 2 heteroatoms. The topological polar surface area (TPSA) is 30.9 Å². The SMILES string of the molecule is CCn1cc(CCN)c2c(C)ccc(C)c21. The fraction of sp³-hybridized carbons (Fsp3) is 0.429. The third-order valence-corrected chi connectivity index (χ3v) is 3.26. The van der Waals surface area contributed by atoms with E-state index < -0.39 is 0 Å². The molecule has 2 rings (SSSR count). The number of aryl methyl sites for hydroxylation is 3. The van der Waals surface area contributed by atoms with Crippen molar-refractivity contribution in [2.75, 3.05) is 6.54 Å². The van der Waals surface area contributed by atoms with Crippen molar-refractivity contribution >= 4 is 10.9 Å². The zero-order valence-electron chi connectivity index (χ0n) is 10.4. The van der Waals surface area contributed by atoms with Crippen molar-refractivity contribution in [1.82, 2.24) is 4.57 Å². The van der Waals surface area contributed by atoms with Gasteiger partial charge in [0.1, 0.15) is 0 Å². The third-order valence-electron chi connectivity index (χ3n) is 3.26. The number of nitrogens with zero attached hydrogens (tertiary/aromatic N) is 1. The number of benzene rings is 1. The maximum atomic E-state index is 5.68. The first kappa shape index (κ1) is 11.2. The van der Waals surface area contributed by atoms with E-state index in [-0.39, 0.29) is 0 Å². The zero-order valence-corrected chi connectivity index (χ0v) is 10.4. The Morgan fingerprint density at radius 2 is 1.88 bits per heavy atom. The van der Waals surface area contributed by atoms with Crippen molar-refractivity contribution in [3.8, 4) is 0 Å². The fourth-order valence-electron chi connectivity index (χ4n) is 2.48. The molecule has 0 bridgehead atoms. The summed E-state index contributed by atoms with van der Waals surface area (Å²) >= 11 is 0. The van der Waals surface area contributed by atoms with Gasteiger partial charge in [0.05, 0.1) is 5.52 Å². The quantitative estimate of drug-likeness (QED) is 0.840. The maximum Gasteiger partial charge on any atom is 0.0515 e. The third kappa shape index (κ3) is 1.63. The van der Waals surface area contributed by atoms with Crippen molar-refractivity contribution in [1.29, 1.82) is 0 Å². The van der Waals surface area contributed by atoms with Gasteiger partial charge in [0, 0.05) is 18.1 Å². The summed E-state index contributed by atoms with van der Waals surface area (Å²) in [4.78, 5) is 0. The Morgan fingerprint density at radius 3 is 2.50 bits per heavy atom. The Kier molecular flexibility index (Phi) is 3.01. The Hall–Kier alpha value is -1.28. The molecule has 2 N–H and O–H groups in total. The number of fused-ring (bicyclic) bond motifs is 1. The predicted molar refractivity (Wildman–Crippen MR) is 69.8 cm³/mol. The van der Waals surface area contributed by atoms with E-state index in [9.17, 15) is 0 Å². The lowest BCUT2D eigenvalue weighted by molar-refractivity contribution is 0.788. The molecule has 0 spiro atoms. The average Bonchev–Trinajstić information content (AvgIpc) is 2.64. The van der Waals surface area contributed by atoms with Gasteiger partial charge in [-0.3, -0.25) is 0 Å². The number of hydrogen-bond acceptors (Lipinski definition) is 1. The normalized spacial score (nSPS) is 11.2. The first-order valence-corrected chi connectivity index (χ1v) is 5.97. The van der Waals surface area contributed by atoms with Crippen LogP contribution >= 0.6 is 0 Å². The van der Waals surface area contributed by atoms with E-state index in [1.54, 1.807) is 0 Å². The fourth-order valence-corrected chi connectivity index (χ4v) is 2.48. The molecule has 2 nitrogen and oxygen atoms in total. The van der Waals surface area contributed by atoms with Gasteiger partial charge in [0.2, 0.25) is 0 Å². The van der Waals surface area contributed by atoms with Crippen LogP contribution in [-0.4, -0.2) is 11.1 Å². The van der Waals surface area contributed by atoms with E-state index in [0.717, 1.165) is 19.5 Å².